The Morgan fingerprint density at radius 3 is 2.79 bits per heavy atom. The van der Waals surface area contributed by atoms with E-state index in [9.17, 15) is 9.90 Å². The van der Waals surface area contributed by atoms with Gasteiger partial charge in [0, 0.05) is 24.0 Å². The van der Waals surface area contributed by atoms with Gasteiger partial charge in [-0.2, -0.15) is 0 Å². The molecule has 1 atom stereocenters. The Morgan fingerprint density at radius 1 is 1.21 bits per heavy atom. The number of rotatable bonds is 11. The molecule has 176 valence electrons. The van der Waals surface area contributed by atoms with Crippen LogP contribution < -0.4 is 10.3 Å². The number of H-pyrrole nitrogens is 1. The van der Waals surface area contributed by atoms with E-state index in [2.05, 4.69) is 28.6 Å². The van der Waals surface area contributed by atoms with E-state index in [0.717, 1.165) is 28.9 Å². The first-order valence-electron chi connectivity index (χ1n) is 11.3. The van der Waals surface area contributed by atoms with E-state index >= 15 is 0 Å². The Kier molecular flexibility index (Phi) is 7.90. The number of allylic oxidation sites excluding steroid dienone is 1. The Hall–Kier alpha value is -3.26. The Labute approximate surface area is 203 Å². The number of nitrogens with zero attached hydrogens (tertiary/aromatic N) is 2. The van der Waals surface area contributed by atoms with Gasteiger partial charge in [-0.05, 0) is 36.1 Å². The summed E-state index contributed by atoms with van der Waals surface area (Å²) < 4.78 is 5.33. The Bertz CT molecular complexity index is 1300. The first-order valence-corrected chi connectivity index (χ1v) is 12.2. The zero-order chi connectivity index (χ0) is 23.9. The van der Waals surface area contributed by atoms with Crippen LogP contribution in [0.3, 0.4) is 0 Å². The maximum absolute atomic E-state index is 13.1. The largest absolute Gasteiger partial charge is 0.497 e. The van der Waals surface area contributed by atoms with Crippen LogP contribution in [0, 0.1) is 0 Å². The summed E-state index contributed by atoms with van der Waals surface area (Å²) in [4.78, 5) is 23.7. The van der Waals surface area contributed by atoms with Gasteiger partial charge in [0.05, 0.1) is 25.1 Å². The lowest BCUT2D eigenvalue weighted by atomic mass is 10.1. The number of ether oxygens (including phenoxy) is 1. The quantitative estimate of drug-likeness (QED) is 0.299. The van der Waals surface area contributed by atoms with E-state index in [1.165, 1.54) is 11.3 Å². The van der Waals surface area contributed by atoms with Gasteiger partial charge in [-0.15, -0.1) is 17.9 Å². The molecule has 4 aromatic rings. The third-order valence-electron chi connectivity index (χ3n) is 5.67. The number of aromatic amines is 1. The normalized spacial score (nSPS) is 12.2. The number of fused-ring (bicyclic) bond motifs is 1. The minimum atomic E-state index is -0.487. The summed E-state index contributed by atoms with van der Waals surface area (Å²) in [6.07, 6.45) is 2.73. The number of hydrogen-bond acceptors (Lipinski definition) is 6. The van der Waals surface area contributed by atoms with Crippen LogP contribution in [0.15, 0.2) is 77.4 Å². The summed E-state index contributed by atoms with van der Waals surface area (Å²) in [5, 5.41) is 13.1. The van der Waals surface area contributed by atoms with Crippen LogP contribution in [-0.2, 0) is 13.1 Å². The predicted molar refractivity (Wildman–Crippen MR) is 138 cm³/mol. The Balaban J connectivity index is 1.61. The summed E-state index contributed by atoms with van der Waals surface area (Å²) >= 11 is 1.46. The standard InChI is InChI=1S/C27H29N3O3S/c1-3-4-12-21(31)16-30(15-19-9-6-5-7-10-19)17-24-28-26(32)25-23(18-34-27(25)29-24)20-11-8-13-22(14-20)33-2/h3,5-11,13-14,18,21,31H,1,4,12,15-17H2,2H3,(H,28,29,32). The van der Waals surface area contributed by atoms with Crippen LogP contribution in [0.25, 0.3) is 21.3 Å². The van der Waals surface area contributed by atoms with Gasteiger partial charge in [-0.25, -0.2) is 4.98 Å². The molecule has 1 unspecified atom stereocenters. The maximum atomic E-state index is 13.1. The minimum Gasteiger partial charge on any atom is -0.497 e. The number of thiophene rings is 1. The molecule has 0 amide bonds. The van der Waals surface area contributed by atoms with Crippen LogP contribution in [0.2, 0.25) is 0 Å². The second-order valence-corrected chi connectivity index (χ2v) is 9.11. The molecule has 34 heavy (non-hydrogen) atoms. The molecule has 0 aliphatic carbocycles. The molecule has 6 nitrogen and oxygen atoms in total. The molecule has 0 saturated heterocycles. The second-order valence-electron chi connectivity index (χ2n) is 8.25. The van der Waals surface area contributed by atoms with E-state index in [4.69, 9.17) is 9.72 Å². The molecule has 0 radical (unpaired) electrons. The highest BCUT2D eigenvalue weighted by molar-refractivity contribution is 7.17. The van der Waals surface area contributed by atoms with E-state index in [1.807, 2.05) is 53.9 Å². The number of aliphatic hydroxyl groups excluding tert-OH is 1. The fourth-order valence-corrected chi connectivity index (χ4v) is 4.98. The fourth-order valence-electron chi connectivity index (χ4n) is 4.01. The summed E-state index contributed by atoms with van der Waals surface area (Å²) in [6.45, 7) is 5.29. The maximum Gasteiger partial charge on any atom is 0.260 e. The summed E-state index contributed by atoms with van der Waals surface area (Å²) in [5.41, 5.74) is 2.74. The zero-order valence-electron chi connectivity index (χ0n) is 19.2. The lowest BCUT2D eigenvalue weighted by Crippen LogP contribution is -2.33. The second kappa shape index (κ2) is 11.2. The Morgan fingerprint density at radius 2 is 2.03 bits per heavy atom. The number of hydrogen-bond donors (Lipinski definition) is 2. The molecule has 7 heteroatoms. The summed E-state index contributed by atoms with van der Waals surface area (Å²) in [5.74, 6) is 1.33. The average molecular weight is 476 g/mol. The molecule has 0 spiro atoms. The van der Waals surface area contributed by atoms with Gasteiger partial charge in [0.25, 0.3) is 5.56 Å². The highest BCUT2D eigenvalue weighted by Gasteiger charge is 2.17. The first-order chi connectivity index (χ1) is 16.6. The van der Waals surface area contributed by atoms with Gasteiger partial charge in [0.15, 0.2) is 0 Å². The molecule has 0 aliphatic heterocycles. The molecule has 0 bridgehead atoms. The van der Waals surface area contributed by atoms with Crippen molar-refractivity contribution in [3.8, 4) is 16.9 Å². The fraction of sp³-hybridized carbons (Fsp3) is 0.259. The van der Waals surface area contributed by atoms with Crippen LogP contribution in [0.1, 0.15) is 24.2 Å². The topological polar surface area (TPSA) is 78.5 Å². The highest BCUT2D eigenvalue weighted by Crippen LogP contribution is 2.32. The van der Waals surface area contributed by atoms with Crippen molar-refractivity contribution in [1.29, 1.82) is 0 Å². The van der Waals surface area contributed by atoms with Gasteiger partial charge < -0.3 is 14.8 Å². The van der Waals surface area contributed by atoms with Crippen molar-refractivity contribution in [2.45, 2.75) is 32.0 Å². The van der Waals surface area contributed by atoms with Crippen LogP contribution in [0.5, 0.6) is 5.75 Å². The molecule has 0 fully saturated rings. The van der Waals surface area contributed by atoms with E-state index in [1.54, 1.807) is 7.11 Å². The number of aromatic nitrogens is 2. The van der Waals surface area contributed by atoms with E-state index in [-0.39, 0.29) is 5.56 Å². The van der Waals surface area contributed by atoms with Gasteiger partial charge >= 0.3 is 0 Å². The smallest absolute Gasteiger partial charge is 0.260 e. The van der Waals surface area contributed by atoms with Crippen molar-refractivity contribution in [1.82, 2.24) is 14.9 Å². The molecule has 2 aromatic carbocycles. The molecule has 0 aliphatic rings. The monoisotopic (exact) mass is 475 g/mol. The summed E-state index contributed by atoms with van der Waals surface area (Å²) in [7, 11) is 1.63. The molecule has 2 heterocycles. The van der Waals surface area contributed by atoms with Gasteiger partial charge in [0.2, 0.25) is 0 Å². The molecular formula is C27H29N3O3S. The number of aliphatic hydroxyl groups is 1. The van der Waals surface area contributed by atoms with E-state index in [0.29, 0.717) is 42.1 Å². The lowest BCUT2D eigenvalue weighted by molar-refractivity contribution is 0.0970. The van der Waals surface area contributed by atoms with Crippen LogP contribution in [0.4, 0.5) is 0 Å². The van der Waals surface area contributed by atoms with Gasteiger partial charge in [0.1, 0.15) is 16.4 Å². The van der Waals surface area contributed by atoms with Crippen LogP contribution >= 0.6 is 11.3 Å². The number of nitrogens with one attached hydrogen (secondary N) is 1. The SMILES string of the molecule is C=CCCC(O)CN(Cc1ccccc1)Cc1nc2scc(-c3cccc(OC)c3)c2c(=O)[nH]1. The first kappa shape index (κ1) is 23.9. The molecule has 2 N–H and O–H groups in total. The third-order valence-corrected chi connectivity index (χ3v) is 6.54. The van der Waals surface area contributed by atoms with Crippen molar-refractivity contribution in [3.63, 3.8) is 0 Å². The number of benzene rings is 2. The molecule has 0 saturated carbocycles. The van der Waals surface area contributed by atoms with Crippen molar-refractivity contribution < 1.29 is 9.84 Å². The van der Waals surface area contributed by atoms with Crippen LogP contribution in [-0.4, -0.2) is 39.7 Å². The highest BCUT2D eigenvalue weighted by atomic mass is 32.1. The molecular weight excluding hydrogens is 446 g/mol. The summed E-state index contributed by atoms with van der Waals surface area (Å²) in [6, 6.07) is 17.8. The minimum absolute atomic E-state index is 0.161. The van der Waals surface area contributed by atoms with Gasteiger partial charge in [-0.3, -0.25) is 9.69 Å². The van der Waals surface area contributed by atoms with E-state index < -0.39 is 6.10 Å². The van der Waals surface area contributed by atoms with Crippen molar-refractivity contribution in [2.24, 2.45) is 0 Å². The lowest BCUT2D eigenvalue weighted by Gasteiger charge is -2.24. The third kappa shape index (κ3) is 5.80. The molecule has 2 aromatic heterocycles. The van der Waals surface area contributed by atoms with Crippen molar-refractivity contribution >= 4 is 21.6 Å². The van der Waals surface area contributed by atoms with Crippen molar-refractivity contribution in [2.75, 3.05) is 13.7 Å². The van der Waals surface area contributed by atoms with Crippen molar-refractivity contribution in [3.05, 3.63) is 94.4 Å². The number of methoxy groups -OCH3 is 1. The van der Waals surface area contributed by atoms with Gasteiger partial charge in [-0.1, -0.05) is 48.5 Å². The molecule has 4 rings (SSSR count). The predicted octanol–water partition coefficient (Wildman–Crippen LogP) is 4.99. The zero-order valence-corrected chi connectivity index (χ0v) is 20.1. The average Bonchev–Trinajstić information content (AvgIpc) is 3.28.